The maximum atomic E-state index is 12.5. The number of hydrogen-bond donors (Lipinski definition) is 2. The summed E-state index contributed by atoms with van der Waals surface area (Å²) in [6.07, 6.45) is 4.90. The summed E-state index contributed by atoms with van der Waals surface area (Å²) in [5.41, 5.74) is 4.09. The Balaban J connectivity index is 0.00000272. The summed E-state index contributed by atoms with van der Waals surface area (Å²) in [5, 5.41) is 14.1. The third-order valence-electron chi connectivity index (χ3n) is 5.75. The molecule has 0 bridgehead atoms. The number of carbonyl (C=O) groups is 2. The van der Waals surface area contributed by atoms with Crippen LogP contribution in [0.1, 0.15) is 35.4 Å². The van der Waals surface area contributed by atoms with Crippen LogP contribution < -0.4 is 5.32 Å². The van der Waals surface area contributed by atoms with Crippen LogP contribution in [0.15, 0.2) is 60.1 Å². The Kier molecular flexibility index (Phi) is 7.82. The second-order valence-electron chi connectivity index (χ2n) is 7.76. The van der Waals surface area contributed by atoms with Gasteiger partial charge in [0.05, 0.1) is 16.5 Å². The highest BCUT2D eigenvalue weighted by molar-refractivity contribution is 7.12. The lowest BCUT2D eigenvalue weighted by molar-refractivity contribution is -0.143. The van der Waals surface area contributed by atoms with E-state index >= 15 is 0 Å². The van der Waals surface area contributed by atoms with Gasteiger partial charge in [0.1, 0.15) is 0 Å². The molecule has 1 aromatic carbocycles. The van der Waals surface area contributed by atoms with Crippen molar-refractivity contribution in [3.63, 3.8) is 0 Å². The van der Waals surface area contributed by atoms with E-state index in [4.69, 9.17) is 5.11 Å². The average Bonchev–Trinajstić information content (AvgIpc) is 3.29. The first-order valence-electron chi connectivity index (χ1n) is 10.2. The molecule has 0 saturated heterocycles. The third-order valence-corrected chi connectivity index (χ3v) is 6.68. The molecule has 1 amide bonds. The van der Waals surface area contributed by atoms with Crippen molar-refractivity contribution < 1.29 is 14.7 Å². The molecule has 7 heteroatoms. The van der Waals surface area contributed by atoms with Crippen molar-refractivity contribution in [2.24, 2.45) is 11.8 Å². The maximum absolute atomic E-state index is 12.5. The van der Waals surface area contributed by atoms with Crippen LogP contribution in [-0.4, -0.2) is 28.5 Å². The zero-order chi connectivity index (χ0) is 20.9. The molecule has 31 heavy (non-hydrogen) atoms. The molecule has 0 unspecified atom stereocenters. The minimum atomic E-state index is -0.698. The molecular weight excluding hydrogens is 432 g/mol. The lowest BCUT2D eigenvalue weighted by Crippen LogP contribution is -2.32. The standard InChI is InChI=1S/C24H24N2O3S.ClH/c27-23(26-14-16-4-6-19(7-5-16)24(28)29)22-13-20(15-30-22)17-8-10-18(11-9-17)21-3-1-2-12-25-21;/h1-3,8-13,15-16,19H,4-7,14H2,(H,26,27)(H,28,29);1H. The molecule has 0 spiro atoms. The molecule has 2 heterocycles. The Morgan fingerprint density at radius 3 is 2.35 bits per heavy atom. The van der Waals surface area contributed by atoms with Crippen molar-refractivity contribution in [1.82, 2.24) is 10.3 Å². The van der Waals surface area contributed by atoms with Crippen molar-refractivity contribution in [2.75, 3.05) is 6.54 Å². The van der Waals surface area contributed by atoms with Gasteiger partial charge in [-0.1, -0.05) is 30.3 Å². The van der Waals surface area contributed by atoms with Gasteiger partial charge in [0.2, 0.25) is 0 Å². The third kappa shape index (κ3) is 5.71. The maximum Gasteiger partial charge on any atom is 0.306 e. The SMILES string of the molecule is Cl.O=C(NCC1CCC(C(=O)O)CC1)c1cc(-c2ccc(-c3ccccn3)cc2)cs1. The Labute approximate surface area is 192 Å². The minimum Gasteiger partial charge on any atom is -0.481 e. The van der Waals surface area contributed by atoms with Crippen molar-refractivity contribution in [1.29, 1.82) is 0 Å². The van der Waals surface area contributed by atoms with Crippen molar-refractivity contribution in [3.05, 3.63) is 65.0 Å². The zero-order valence-corrected chi connectivity index (χ0v) is 18.6. The highest BCUT2D eigenvalue weighted by atomic mass is 35.5. The minimum absolute atomic E-state index is 0. The summed E-state index contributed by atoms with van der Waals surface area (Å²) in [6, 6.07) is 16.0. The van der Waals surface area contributed by atoms with Crippen LogP contribution in [0, 0.1) is 11.8 Å². The van der Waals surface area contributed by atoms with Crippen LogP contribution >= 0.6 is 23.7 Å². The van der Waals surface area contributed by atoms with Crippen molar-refractivity contribution >= 4 is 35.6 Å². The summed E-state index contributed by atoms with van der Waals surface area (Å²) in [7, 11) is 0. The molecule has 1 aliphatic rings. The second-order valence-corrected chi connectivity index (χ2v) is 8.67. The first-order chi connectivity index (χ1) is 14.6. The molecular formula is C24H25ClN2O3S. The highest BCUT2D eigenvalue weighted by Crippen LogP contribution is 2.30. The number of aliphatic carboxylic acids is 1. The molecule has 4 rings (SSSR count). The number of nitrogens with zero attached hydrogens (tertiary/aromatic N) is 1. The smallest absolute Gasteiger partial charge is 0.306 e. The fourth-order valence-electron chi connectivity index (χ4n) is 3.91. The number of halogens is 1. The van der Waals surface area contributed by atoms with Crippen molar-refractivity contribution in [3.8, 4) is 22.4 Å². The summed E-state index contributed by atoms with van der Waals surface area (Å²) < 4.78 is 0. The molecule has 0 radical (unpaired) electrons. The highest BCUT2D eigenvalue weighted by Gasteiger charge is 2.26. The number of hydrogen-bond acceptors (Lipinski definition) is 4. The van der Waals surface area contributed by atoms with Crippen LogP contribution in [0.5, 0.6) is 0 Å². The van der Waals surface area contributed by atoms with Crippen LogP contribution in [0.2, 0.25) is 0 Å². The lowest BCUT2D eigenvalue weighted by atomic mass is 9.82. The van der Waals surface area contributed by atoms with E-state index in [1.807, 2.05) is 41.8 Å². The summed E-state index contributed by atoms with van der Waals surface area (Å²) in [6.45, 7) is 0.608. The summed E-state index contributed by atoms with van der Waals surface area (Å²) >= 11 is 1.44. The van der Waals surface area contributed by atoms with Gasteiger partial charge in [0.15, 0.2) is 0 Å². The number of carboxylic acid groups (broad SMARTS) is 1. The molecule has 5 nitrogen and oxygen atoms in total. The number of aromatic nitrogens is 1. The summed E-state index contributed by atoms with van der Waals surface area (Å²) in [4.78, 5) is 28.7. The number of nitrogens with one attached hydrogen (secondary N) is 1. The fraction of sp³-hybridized carbons (Fsp3) is 0.292. The van der Waals surface area contributed by atoms with Crippen LogP contribution in [0.4, 0.5) is 0 Å². The van der Waals surface area contributed by atoms with Gasteiger partial charge in [0.25, 0.3) is 5.91 Å². The van der Waals surface area contributed by atoms with E-state index in [1.54, 1.807) is 6.20 Å². The Morgan fingerprint density at radius 2 is 1.71 bits per heavy atom. The fourth-order valence-corrected chi connectivity index (χ4v) is 4.74. The Morgan fingerprint density at radius 1 is 1.00 bits per heavy atom. The van der Waals surface area contributed by atoms with E-state index in [0.717, 1.165) is 35.2 Å². The van der Waals surface area contributed by atoms with Gasteiger partial charge in [-0.15, -0.1) is 23.7 Å². The number of benzene rings is 1. The molecule has 1 fully saturated rings. The van der Waals surface area contributed by atoms with E-state index in [0.29, 0.717) is 30.2 Å². The summed E-state index contributed by atoms with van der Waals surface area (Å²) in [5.74, 6) is -0.614. The average molecular weight is 457 g/mol. The van der Waals surface area contributed by atoms with E-state index in [-0.39, 0.29) is 24.2 Å². The second kappa shape index (κ2) is 10.6. The van der Waals surface area contributed by atoms with Gasteiger partial charge in [0, 0.05) is 18.3 Å². The van der Waals surface area contributed by atoms with Crippen molar-refractivity contribution in [2.45, 2.75) is 25.7 Å². The Hall–Kier alpha value is -2.70. The predicted octanol–water partition coefficient (Wildman–Crippen LogP) is 5.52. The molecule has 2 N–H and O–H groups in total. The first kappa shape index (κ1) is 23.0. The normalized spacial score (nSPS) is 18.1. The topological polar surface area (TPSA) is 79.3 Å². The molecule has 1 saturated carbocycles. The number of amides is 1. The van der Waals surface area contributed by atoms with Gasteiger partial charge in [-0.25, -0.2) is 0 Å². The zero-order valence-electron chi connectivity index (χ0n) is 17.0. The van der Waals surface area contributed by atoms with Crippen LogP contribution in [-0.2, 0) is 4.79 Å². The number of carboxylic acids is 1. The van der Waals surface area contributed by atoms with E-state index in [1.165, 1.54) is 11.3 Å². The molecule has 1 aliphatic carbocycles. The van der Waals surface area contributed by atoms with Gasteiger partial charge < -0.3 is 10.4 Å². The number of carbonyl (C=O) groups excluding carboxylic acids is 1. The van der Waals surface area contributed by atoms with E-state index in [9.17, 15) is 9.59 Å². The monoisotopic (exact) mass is 456 g/mol. The number of rotatable bonds is 6. The lowest BCUT2D eigenvalue weighted by Gasteiger charge is -2.26. The van der Waals surface area contributed by atoms with Gasteiger partial charge in [-0.05, 0) is 66.3 Å². The Bertz CT molecular complexity index is 1010. The quantitative estimate of drug-likeness (QED) is 0.511. The van der Waals surface area contributed by atoms with Gasteiger partial charge >= 0.3 is 5.97 Å². The first-order valence-corrected chi connectivity index (χ1v) is 11.1. The number of thiophene rings is 1. The van der Waals surface area contributed by atoms with Crippen LogP contribution in [0.25, 0.3) is 22.4 Å². The number of pyridine rings is 1. The largest absolute Gasteiger partial charge is 0.481 e. The van der Waals surface area contributed by atoms with Gasteiger partial charge in [-0.2, -0.15) is 0 Å². The predicted molar refractivity (Wildman–Crippen MR) is 126 cm³/mol. The van der Waals surface area contributed by atoms with E-state index in [2.05, 4.69) is 22.4 Å². The molecule has 3 aromatic rings. The molecule has 0 atom stereocenters. The van der Waals surface area contributed by atoms with Crippen LogP contribution in [0.3, 0.4) is 0 Å². The molecule has 0 aliphatic heterocycles. The van der Waals surface area contributed by atoms with E-state index < -0.39 is 5.97 Å². The molecule has 2 aromatic heterocycles. The molecule has 162 valence electrons. The van der Waals surface area contributed by atoms with Gasteiger partial charge in [-0.3, -0.25) is 14.6 Å².